The predicted octanol–water partition coefficient (Wildman–Crippen LogP) is 2.30. The fourth-order valence-electron chi connectivity index (χ4n) is 2.58. The molecule has 1 heterocycles. The van der Waals surface area contributed by atoms with Gasteiger partial charge in [-0.2, -0.15) is 0 Å². The lowest BCUT2D eigenvalue weighted by atomic mass is 9.84. The van der Waals surface area contributed by atoms with Crippen LogP contribution < -0.4 is 5.32 Å². The van der Waals surface area contributed by atoms with Gasteiger partial charge >= 0.3 is 6.09 Å². The maximum atomic E-state index is 12.0. The van der Waals surface area contributed by atoms with Gasteiger partial charge in [0.2, 0.25) is 5.91 Å². The Labute approximate surface area is 121 Å². The van der Waals surface area contributed by atoms with E-state index in [2.05, 4.69) is 5.32 Å². The van der Waals surface area contributed by atoms with Crippen molar-refractivity contribution < 1.29 is 14.3 Å². The third kappa shape index (κ3) is 4.12. The number of nitrogens with one attached hydrogen (secondary N) is 1. The van der Waals surface area contributed by atoms with Gasteiger partial charge in [0.25, 0.3) is 0 Å². The van der Waals surface area contributed by atoms with E-state index >= 15 is 0 Å². The second-order valence-corrected chi connectivity index (χ2v) is 6.90. The Balaban J connectivity index is 1.81. The highest BCUT2D eigenvalue weighted by Gasteiger charge is 2.31. The number of carbonyl (C=O) groups excluding carboxylic acids is 2. The Bertz CT molecular complexity index is 372. The van der Waals surface area contributed by atoms with Crippen molar-refractivity contribution in [1.82, 2.24) is 10.2 Å². The lowest BCUT2D eigenvalue weighted by Crippen LogP contribution is -2.52. The Morgan fingerprint density at radius 3 is 2.40 bits per heavy atom. The lowest BCUT2D eigenvalue weighted by Gasteiger charge is -2.35. The molecule has 0 spiro atoms. The van der Waals surface area contributed by atoms with Crippen LogP contribution in [0, 0.1) is 5.92 Å². The van der Waals surface area contributed by atoms with E-state index in [1.807, 2.05) is 20.8 Å². The summed E-state index contributed by atoms with van der Waals surface area (Å²) >= 11 is 0. The fourth-order valence-corrected chi connectivity index (χ4v) is 2.58. The molecule has 0 aromatic rings. The van der Waals surface area contributed by atoms with E-state index in [9.17, 15) is 9.59 Å². The highest BCUT2D eigenvalue weighted by Crippen LogP contribution is 2.26. The van der Waals surface area contributed by atoms with Gasteiger partial charge in [-0.15, -0.1) is 0 Å². The molecule has 2 fully saturated rings. The average Bonchev–Trinajstić information content (AvgIpc) is 2.24. The van der Waals surface area contributed by atoms with Crippen molar-refractivity contribution in [2.75, 3.05) is 13.1 Å². The summed E-state index contributed by atoms with van der Waals surface area (Å²) in [5.41, 5.74) is -0.473. The summed E-state index contributed by atoms with van der Waals surface area (Å²) in [5, 5.41) is 3.08. The zero-order chi connectivity index (χ0) is 14.8. The molecule has 20 heavy (non-hydrogen) atoms. The molecule has 0 aromatic carbocycles. The summed E-state index contributed by atoms with van der Waals surface area (Å²) in [6.07, 6.45) is 4.75. The molecule has 2 aliphatic rings. The maximum Gasteiger partial charge on any atom is 0.410 e. The van der Waals surface area contributed by atoms with Crippen LogP contribution in [0.25, 0.3) is 0 Å². The number of piperidine rings is 1. The number of rotatable bonds is 2. The maximum absolute atomic E-state index is 12.0. The smallest absolute Gasteiger partial charge is 0.410 e. The second-order valence-electron chi connectivity index (χ2n) is 6.90. The number of hydrogen-bond acceptors (Lipinski definition) is 3. The van der Waals surface area contributed by atoms with Crippen LogP contribution in [0.1, 0.15) is 52.9 Å². The molecule has 1 aliphatic heterocycles. The number of likely N-dealkylation sites (tertiary alicyclic amines) is 1. The first-order chi connectivity index (χ1) is 9.35. The van der Waals surface area contributed by atoms with Gasteiger partial charge in [0, 0.05) is 25.0 Å². The van der Waals surface area contributed by atoms with Gasteiger partial charge in [0.05, 0.1) is 0 Å². The minimum absolute atomic E-state index is 0.0735. The van der Waals surface area contributed by atoms with Crippen molar-refractivity contribution in [3.8, 4) is 0 Å². The van der Waals surface area contributed by atoms with Crippen LogP contribution in [-0.2, 0) is 9.53 Å². The molecule has 0 aromatic heterocycles. The number of hydrogen-bond donors (Lipinski definition) is 1. The number of carbonyl (C=O) groups is 2. The monoisotopic (exact) mass is 282 g/mol. The van der Waals surface area contributed by atoms with Crippen molar-refractivity contribution in [2.24, 2.45) is 5.92 Å². The molecule has 5 heteroatoms. The molecule has 2 amide bonds. The van der Waals surface area contributed by atoms with E-state index < -0.39 is 5.60 Å². The van der Waals surface area contributed by atoms with Gasteiger partial charge in [-0.1, -0.05) is 6.42 Å². The SMILES string of the molecule is CC(C)(C)OC(=O)N1CCCC(NC(=O)C2CCC2)C1. The molecule has 114 valence electrons. The summed E-state index contributed by atoms with van der Waals surface area (Å²) in [6.45, 7) is 6.87. The first-order valence-electron chi connectivity index (χ1n) is 7.63. The molecule has 1 saturated heterocycles. The van der Waals surface area contributed by atoms with Crippen LogP contribution in [0.2, 0.25) is 0 Å². The van der Waals surface area contributed by atoms with E-state index in [-0.39, 0.29) is 24.0 Å². The Morgan fingerprint density at radius 1 is 1.15 bits per heavy atom. The van der Waals surface area contributed by atoms with Crippen molar-refractivity contribution in [3.05, 3.63) is 0 Å². The van der Waals surface area contributed by atoms with E-state index in [0.717, 1.165) is 32.1 Å². The van der Waals surface area contributed by atoms with Gasteiger partial charge in [-0.3, -0.25) is 4.79 Å². The Hall–Kier alpha value is -1.26. The minimum Gasteiger partial charge on any atom is -0.444 e. The molecule has 1 atom stereocenters. The van der Waals surface area contributed by atoms with Gasteiger partial charge in [-0.05, 0) is 46.5 Å². The minimum atomic E-state index is -0.473. The van der Waals surface area contributed by atoms with Gasteiger partial charge in [0.15, 0.2) is 0 Å². The first-order valence-corrected chi connectivity index (χ1v) is 7.63. The first kappa shape index (κ1) is 15.1. The van der Waals surface area contributed by atoms with E-state index in [0.29, 0.717) is 13.1 Å². The molecule has 2 rings (SSSR count). The van der Waals surface area contributed by atoms with E-state index in [1.165, 1.54) is 0 Å². The van der Waals surface area contributed by atoms with Crippen molar-refractivity contribution in [2.45, 2.75) is 64.5 Å². The molecular weight excluding hydrogens is 256 g/mol. The molecule has 0 radical (unpaired) electrons. The largest absolute Gasteiger partial charge is 0.444 e. The van der Waals surface area contributed by atoms with Crippen molar-refractivity contribution >= 4 is 12.0 Å². The molecule has 0 bridgehead atoms. The van der Waals surface area contributed by atoms with Crippen molar-refractivity contribution in [1.29, 1.82) is 0 Å². The topological polar surface area (TPSA) is 58.6 Å². The second kappa shape index (κ2) is 6.02. The lowest BCUT2D eigenvalue weighted by molar-refractivity contribution is -0.128. The van der Waals surface area contributed by atoms with Crippen LogP contribution in [0.15, 0.2) is 0 Å². The van der Waals surface area contributed by atoms with Crippen LogP contribution in [0.4, 0.5) is 4.79 Å². The summed E-state index contributed by atoms with van der Waals surface area (Å²) in [7, 11) is 0. The van der Waals surface area contributed by atoms with Crippen LogP contribution in [0.3, 0.4) is 0 Å². The zero-order valence-corrected chi connectivity index (χ0v) is 12.8. The zero-order valence-electron chi connectivity index (χ0n) is 12.8. The van der Waals surface area contributed by atoms with Crippen molar-refractivity contribution in [3.63, 3.8) is 0 Å². The van der Waals surface area contributed by atoms with Gasteiger partial charge in [-0.25, -0.2) is 4.79 Å². The average molecular weight is 282 g/mol. The molecule has 1 aliphatic carbocycles. The van der Waals surface area contributed by atoms with Gasteiger partial charge < -0.3 is 15.0 Å². The summed E-state index contributed by atoms with van der Waals surface area (Å²) in [5.74, 6) is 0.360. The highest BCUT2D eigenvalue weighted by molar-refractivity contribution is 5.79. The Kier molecular flexibility index (Phi) is 4.55. The quantitative estimate of drug-likeness (QED) is 0.845. The highest BCUT2D eigenvalue weighted by atomic mass is 16.6. The predicted molar refractivity (Wildman–Crippen MR) is 76.3 cm³/mol. The normalized spacial score (nSPS) is 23.9. The Morgan fingerprint density at radius 2 is 1.85 bits per heavy atom. The van der Waals surface area contributed by atoms with E-state index in [4.69, 9.17) is 4.74 Å². The number of amides is 2. The number of nitrogens with zero attached hydrogens (tertiary/aromatic N) is 1. The third-order valence-corrected chi connectivity index (χ3v) is 3.90. The third-order valence-electron chi connectivity index (χ3n) is 3.90. The molecular formula is C15H26N2O3. The van der Waals surface area contributed by atoms with E-state index in [1.54, 1.807) is 4.90 Å². The van der Waals surface area contributed by atoms with Gasteiger partial charge in [0.1, 0.15) is 5.60 Å². The van der Waals surface area contributed by atoms with Crippen LogP contribution >= 0.6 is 0 Å². The molecule has 1 unspecified atom stereocenters. The summed E-state index contributed by atoms with van der Waals surface area (Å²) in [6, 6.07) is 0.0735. The molecule has 5 nitrogen and oxygen atoms in total. The number of ether oxygens (including phenoxy) is 1. The fraction of sp³-hybridized carbons (Fsp3) is 0.867. The summed E-state index contributed by atoms with van der Waals surface area (Å²) in [4.78, 5) is 25.7. The van der Waals surface area contributed by atoms with Crippen LogP contribution in [-0.4, -0.2) is 41.6 Å². The standard InChI is InChI=1S/C15H26N2O3/c1-15(2,3)20-14(19)17-9-5-8-12(10-17)16-13(18)11-6-4-7-11/h11-12H,4-10H2,1-3H3,(H,16,18). The summed E-state index contributed by atoms with van der Waals surface area (Å²) < 4.78 is 5.38. The molecule has 1 N–H and O–H groups in total. The van der Waals surface area contributed by atoms with Crippen LogP contribution in [0.5, 0.6) is 0 Å². The molecule has 1 saturated carbocycles.